The van der Waals surface area contributed by atoms with Crippen LogP contribution in [0.2, 0.25) is 5.02 Å². The molecule has 9 heteroatoms. The van der Waals surface area contributed by atoms with E-state index in [4.69, 9.17) is 17.3 Å². The highest BCUT2D eigenvalue weighted by Gasteiger charge is 2.34. The normalized spacial score (nSPS) is 14.1. The Bertz CT molecular complexity index is 911. The molecule has 0 spiro atoms. The number of carbonyl (C=O) groups is 2. The number of carbonyl (C=O) groups excluding carboxylic acids is 2. The van der Waals surface area contributed by atoms with Gasteiger partial charge in [0.2, 0.25) is 5.91 Å². The van der Waals surface area contributed by atoms with Crippen molar-refractivity contribution < 1.29 is 18.4 Å². The molecule has 0 radical (unpaired) electrons. The number of aromatic nitrogens is 2. The van der Waals surface area contributed by atoms with Gasteiger partial charge in [-0.3, -0.25) is 23.1 Å². The predicted molar refractivity (Wildman–Crippen MR) is 101 cm³/mol. The monoisotopic (exact) mass is 410 g/mol. The number of rotatable bonds is 6. The number of nitrogens with two attached hydrogens (primary N) is 1. The maximum atomic E-state index is 13.1. The number of hydrogen-bond acceptors (Lipinski definition) is 3. The largest absolute Gasteiger partial charge is 0.365 e. The van der Waals surface area contributed by atoms with E-state index in [1.165, 1.54) is 11.8 Å². The summed E-state index contributed by atoms with van der Waals surface area (Å²) < 4.78 is 27.9. The summed E-state index contributed by atoms with van der Waals surface area (Å²) >= 11 is 6.04. The Hall–Kier alpha value is -2.48. The highest BCUT2D eigenvalue weighted by Crippen LogP contribution is 2.31. The lowest BCUT2D eigenvalue weighted by atomic mass is 9.89. The van der Waals surface area contributed by atoms with Crippen LogP contribution in [0, 0.1) is 5.41 Å². The van der Waals surface area contributed by atoms with Crippen molar-refractivity contribution in [1.82, 2.24) is 14.7 Å². The van der Waals surface area contributed by atoms with Crippen molar-refractivity contribution in [3.05, 3.63) is 40.5 Å². The summed E-state index contributed by atoms with van der Waals surface area (Å²) in [6.07, 6.45) is -0.249. The van der Waals surface area contributed by atoms with Gasteiger partial charge in [-0.2, -0.15) is 5.10 Å². The number of hydrogen-bond donors (Lipinski definition) is 1. The second-order valence-electron chi connectivity index (χ2n) is 7.34. The Morgan fingerprint density at radius 2 is 2.00 bits per heavy atom. The fraction of sp³-hybridized carbons (Fsp3) is 0.421. The fourth-order valence-corrected chi connectivity index (χ4v) is 3.42. The fourth-order valence-electron chi connectivity index (χ4n) is 3.23. The van der Waals surface area contributed by atoms with Gasteiger partial charge in [-0.1, -0.05) is 30.7 Å². The number of benzene rings is 1. The molecule has 2 amide bonds. The standard InChI is InChI=1S/C19H21ClF2N4O2/c1-19(10-21,11-22)8-15(27)25-5-6-26-14(9-25)16(18(23)28)17(24-26)12-3-2-4-13(20)7-12/h2-4,7H,5-6,8-11H2,1H3,(H2,23,28). The molecule has 2 aromatic rings. The first-order valence-electron chi connectivity index (χ1n) is 8.83. The Kier molecular flexibility index (Phi) is 5.69. The molecule has 0 fully saturated rings. The molecule has 1 aliphatic heterocycles. The molecule has 150 valence electrons. The molecule has 0 unspecified atom stereocenters. The van der Waals surface area contributed by atoms with Crippen molar-refractivity contribution in [2.24, 2.45) is 11.1 Å². The third-order valence-electron chi connectivity index (χ3n) is 4.90. The summed E-state index contributed by atoms with van der Waals surface area (Å²) in [6, 6.07) is 6.90. The van der Waals surface area contributed by atoms with E-state index < -0.39 is 24.7 Å². The van der Waals surface area contributed by atoms with Crippen LogP contribution in [-0.4, -0.2) is 46.4 Å². The van der Waals surface area contributed by atoms with E-state index in [0.717, 1.165) is 0 Å². The lowest BCUT2D eigenvalue weighted by Crippen LogP contribution is -2.42. The van der Waals surface area contributed by atoms with Gasteiger partial charge < -0.3 is 10.6 Å². The van der Waals surface area contributed by atoms with E-state index in [9.17, 15) is 18.4 Å². The van der Waals surface area contributed by atoms with Crippen molar-refractivity contribution in [3.8, 4) is 11.3 Å². The highest BCUT2D eigenvalue weighted by atomic mass is 35.5. The molecule has 0 atom stereocenters. The smallest absolute Gasteiger partial charge is 0.252 e. The number of fused-ring (bicyclic) bond motifs is 1. The van der Waals surface area contributed by atoms with Crippen LogP contribution in [-0.2, 0) is 17.9 Å². The number of halogens is 3. The third-order valence-corrected chi connectivity index (χ3v) is 5.14. The molecule has 2 N–H and O–H groups in total. The molecule has 6 nitrogen and oxygen atoms in total. The SMILES string of the molecule is CC(CF)(CF)CC(=O)N1CCn2nc(-c3cccc(Cl)c3)c(C(N)=O)c2C1. The summed E-state index contributed by atoms with van der Waals surface area (Å²) in [6.45, 7) is 0.322. The van der Waals surface area contributed by atoms with Gasteiger partial charge in [-0.05, 0) is 12.1 Å². The van der Waals surface area contributed by atoms with Crippen molar-refractivity contribution >= 4 is 23.4 Å². The minimum absolute atomic E-state index is 0.0966. The lowest BCUT2D eigenvalue weighted by molar-refractivity contribution is -0.135. The highest BCUT2D eigenvalue weighted by molar-refractivity contribution is 6.30. The Labute approximate surface area is 166 Å². The summed E-state index contributed by atoms with van der Waals surface area (Å²) in [4.78, 5) is 26.2. The van der Waals surface area contributed by atoms with Crippen molar-refractivity contribution in [3.63, 3.8) is 0 Å². The van der Waals surface area contributed by atoms with Crippen molar-refractivity contribution in [2.75, 3.05) is 19.9 Å². The van der Waals surface area contributed by atoms with Crippen molar-refractivity contribution in [2.45, 2.75) is 26.4 Å². The number of primary amides is 1. The minimum Gasteiger partial charge on any atom is -0.365 e. The first-order chi connectivity index (χ1) is 13.3. The van der Waals surface area contributed by atoms with Crippen LogP contribution in [0.15, 0.2) is 24.3 Å². The first-order valence-corrected chi connectivity index (χ1v) is 9.21. The van der Waals surface area contributed by atoms with E-state index in [1.807, 2.05) is 0 Å². The molecule has 1 aromatic carbocycles. The molecular formula is C19H21ClF2N4O2. The zero-order chi connectivity index (χ0) is 20.5. The minimum atomic E-state index is -1.34. The first kappa shape index (κ1) is 20.3. The van der Waals surface area contributed by atoms with Crippen molar-refractivity contribution in [1.29, 1.82) is 0 Å². The number of nitrogens with zero attached hydrogens (tertiary/aromatic N) is 3. The van der Waals surface area contributed by atoms with E-state index in [-0.39, 0.29) is 24.4 Å². The van der Waals surface area contributed by atoms with Crippen LogP contribution in [0.3, 0.4) is 0 Å². The van der Waals surface area contributed by atoms with Gasteiger partial charge in [0.1, 0.15) is 5.69 Å². The second kappa shape index (κ2) is 7.87. The topological polar surface area (TPSA) is 81.2 Å². The summed E-state index contributed by atoms with van der Waals surface area (Å²) in [7, 11) is 0. The molecule has 0 saturated heterocycles. The quantitative estimate of drug-likeness (QED) is 0.794. The maximum absolute atomic E-state index is 13.1. The molecule has 0 saturated carbocycles. The van der Waals surface area contributed by atoms with Gasteiger partial charge >= 0.3 is 0 Å². The van der Waals surface area contributed by atoms with Gasteiger partial charge in [0.15, 0.2) is 0 Å². The summed E-state index contributed by atoms with van der Waals surface area (Å²) in [5, 5.41) is 4.98. The summed E-state index contributed by atoms with van der Waals surface area (Å²) in [5.41, 5.74) is 6.02. The lowest BCUT2D eigenvalue weighted by Gasteiger charge is -2.31. The van der Waals surface area contributed by atoms with Gasteiger partial charge in [0, 0.05) is 29.0 Å². The van der Waals surface area contributed by atoms with Crippen LogP contribution in [0.1, 0.15) is 29.4 Å². The molecule has 2 heterocycles. The Morgan fingerprint density at radius 3 is 2.61 bits per heavy atom. The van der Waals surface area contributed by atoms with Crippen LogP contribution in [0.4, 0.5) is 8.78 Å². The molecule has 0 aliphatic carbocycles. The second-order valence-corrected chi connectivity index (χ2v) is 7.77. The Morgan fingerprint density at radius 1 is 1.29 bits per heavy atom. The number of alkyl halides is 2. The van der Waals surface area contributed by atoms with Gasteiger partial charge in [0.25, 0.3) is 5.91 Å². The molecule has 0 bridgehead atoms. The molecular weight excluding hydrogens is 390 g/mol. The van der Waals surface area contributed by atoms with E-state index >= 15 is 0 Å². The average Bonchev–Trinajstić information content (AvgIpc) is 3.06. The Balaban J connectivity index is 1.93. The summed E-state index contributed by atoms with van der Waals surface area (Å²) in [5.74, 6) is -1.03. The molecule has 28 heavy (non-hydrogen) atoms. The number of amides is 2. The molecule has 1 aliphatic rings. The third kappa shape index (κ3) is 3.87. The van der Waals surface area contributed by atoms with Gasteiger partial charge in [-0.15, -0.1) is 0 Å². The van der Waals surface area contributed by atoms with E-state index in [0.29, 0.717) is 35.1 Å². The van der Waals surface area contributed by atoms with Crippen LogP contribution < -0.4 is 5.73 Å². The van der Waals surface area contributed by atoms with Crippen LogP contribution in [0.5, 0.6) is 0 Å². The average molecular weight is 411 g/mol. The van der Waals surface area contributed by atoms with E-state index in [2.05, 4.69) is 5.10 Å². The van der Waals surface area contributed by atoms with Crippen LogP contribution >= 0.6 is 11.6 Å². The molecule has 3 rings (SSSR count). The van der Waals surface area contributed by atoms with Gasteiger partial charge in [-0.25, -0.2) is 0 Å². The van der Waals surface area contributed by atoms with E-state index in [1.54, 1.807) is 28.9 Å². The van der Waals surface area contributed by atoms with Gasteiger partial charge in [0.05, 0.1) is 37.7 Å². The zero-order valence-electron chi connectivity index (χ0n) is 15.4. The maximum Gasteiger partial charge on any atom is 0.252 e. The predicted octanol–water partition coefficient (Wildman–Crippen LogP) is 2.98. The zero-order valence-corrected chi connectivity index (χ0v) is 16.2. The van der Waals surface area contributed by atoms with Crippen LogP contribution in [0.25, 0.3) is 11.3 Å². The molecule has 1 aromatic heterocycles.